The second-order valence-electron chi connectivity index (χ2n) is 3.68. The van der Waals surface area contributed by atoms with E-state index in [4.69, 9.17) is 5.11 Å². The SMILES string of the molecule is COCC(=O)Nc1cccc(NC(=O)CC(=O)O)c1. The Morgan fingerprint density at radius 2 is 1.74 bits per heavy atom. The van der Waals surface area contributed by atoms with Crippen molar-refractivity contribution in [2.75, 3.05) is 24.4 Å². The number of ether oxygens (including phenoxy) is 1. The molecule has 0 atom stereocenters. The van der Waals surface area contributed by atoms with Gasteiger partial charge in [-0.05, 0) is 18.2 Å². The number of carboxylic acids is 1. The first-order valence-corrected chi connectivity index (χ1v) is 5.41. The molecule has 0 saturated carbocycles. The van der Waals surface area contributed by atoms with E-state index in [1.807, 2.05) is 0 Å². The van der Waals surface area contributed by atoms with E-state index in [-0.39, 0.29) is 12.5 Å². The summed E-state index contributed by atoms with van der Waals surface area (Å²) in [4.78, 5) is 32.9. The Hall–Kier alpha value is -2.41. The molecule has 3 N–H and O–H groups in total. The summed E-state index contributed by atoms with van der Waals surface area (Å²) in [5.74, 6) is -2.16. The van der Waals surface area contributed by atoms with E-state index in [0.29, 0.717) is 11.4 Å². The van der Waals surface area contributed by atoms with Gasteiger partial charge >= 0.3 is 5.97 Å². The minimum absolute atomic E-state index is 0.0738. The zero-order valence-electron chi connectivity index (χ0n) is 10.3. The van der Waals surface area contributed by atoms with Crippen LogP contribution in [0.1, 0.15) is 6.42 Å². The van der Waals surface area contributed by atoms with Gasteiger partial charge in [-0.15, -0.1) is 0 Å². The molecule has 0 aliphatic carbocycles. The van der Waals surface area contributed by atoms with Crippen LogP contribution in [0.5, 0.6) is 0 Å². The van der Waals surface area contributed by atoms with Gasteiger partial charge in [0.15, 0.2) is 0 Å². The molecule has 0 saturated heterocycles. The molecule has 0 fully saturated rings. The summed E-state index contributed by atoms with van der Waals surface area (Å²) < 4.78 is 4.67. The maximum absolute atomic E-state index is 11.3. The maximum Gasteiger partial charge on any atom is 0.312 e. The van der Waals surface area contributed by atoms with Gasteiger partial charge in [-0.3, -0.25) is 14.4 Å². The Balaban J connectivity index is 2.64. The van der Waals surface area contributed by atoms with Gasteiger partial charge in [-0.25, -0.2) is 0 Å². The zero-order chi connectivity index (χ0) is 14.3. The van der Waals surface area contributed by atoms with Gasteiger partial charge in [0.1, 0.15) is 13.0 Å². The number of anilines is 2. The number of aliphatic carboxylic acids is 1. The molecule has 7 nitrogen and oxygen atoms in total. The molecule has 0 unspecified atom stereocenters. The van der Waals surface area contributed by atoms with Crippen LogP contribution in [0.2, 0.25) is 0 Å². The molecule has 0 aliphatic heterocycles. The third-order valence-electron chi connectivity index (χ3n) is 2.02. The van der Waals surface area contributed by atoms with Crippen molar-refractivity contribution in [3.63, 3.8) is 0 Å². The average Bonchev–Trinajstić information content (AvgIpc) is 2.28. The van der Waals surface area contributed by atoms with Crippen molar-refractivity contribution in [3.8, 4) is 0 Å². The number of carbonyl (C=O) groups excluding carboxylic acids is 2. The normalized spacial score (nSPS) is 9.74. The van der Waals surface area contributed by atoms with E-state index in [0.717, 1.165) is 0 Å². The molecule has 1 aromatic carbocycles. The number of amides is 2. The lowest BCUT2D eigenvalue weighted by Crippen LogP contribution is -2.18. The molecule has 2 amide bonds. The molecule has 102 valence electrons. The van der Waals surface area contributed by atoms with Crippen LogP contribution in [0, 0.1) is 0 Å². The molecule has 0 heterocycles. The van der Waals surface area contributed by atoms with Crippen LogP contribution in [0.4, 0.5) is 11.4 Å². The maximum atomic E-state index is 11.3. The standard InChI is InChI=1S/C12H14N2O5/c1-19-7-11(16)14-9-4-2-3-8(5-9)13-10(15)6-12(17)18/h2-5H,6-7H2,1H3,(H,13,15)(H,14,16)(H,17,18). The molecule has 0 aliphatic rings. The molecule has 19 heavy (non-hydrogen) atoms. The fourth-order valence-corrected chi connectivity index (χ4v) is 1.35. The van der Waals surface area contributed by atoms with Gasteiger partial charge in [-0.1, -0.05) is 6.07 Å². The van der Waals surface area contributed by atoms with Gasteiger partial charge < -0.3 is 20.5 Å². The van der Waals surface area contributed by atoms with Crippen molar-refractivity contribution < 1.29 is 24.2 Å². The van der Waals surface area contributed by atoms with Crippen LogP contribution < -0.4 is 10.6 Å². The predicted molar refractivity (Wildman–Crippen MR) is 67.8 cm³/mol. The minimum atomic E-state index is -1.21. The van der Waals surface area contributed by atoms with E-state index >= 15 is 0 Å². The number of methoxy groups -OCH3 is 1. The number of carbonyl (C=O) groups is 3. The molecule has 0 radical (unpaired) electrons. The van der Waals surface area contributed by atoms with E-state index in [1.54, 1.807) is 18.2 Å². The van der Waals surface area contributed by atoms with Crippen LogP contribution in [-0.2, 0) is 19.1 Å². The minimum Gasteiger partial charge on any atom is -0.481 e. The van der Waals surface area contributed by atoms with Gasteiger partial charge in [0, 0.05) is 18.5 Å². The Morgan fingerprint density at radius 3 is 2.26 bits per heavy atom. The average molecular weight is 266 g/mol. The van der Waals surface area contributed by atoms with Crippen LogP contribution >= 0.6 is 0 Å². The molecular weight excluding hydrogens is 252 g/mol. The fraction of sp³-hybridized carbons (Fsp3) is 0.250. The molecule has 7 heteroatoms. The highest BCUT2D eigenvalue weighted by molar-refractivity contribution is 6.01. The van der Waals surface area contributed by atoms with Crippen molar-refractivity contribution in [2.24, 2.45) is 0 Å². The molecule has 0 aromatic heterocycles. The Kier molecular flexibility index (Phi) is 5.49. The van der Waals surface area contributed by atoms with Crippen molar-refractivity contribution in [3.05, 3.63) is 24.3 Å². The highest BCUT2D eigenvalue weighted by Crippen LogP contribution is 2.15. The first-order chi connectivity index (χ1) is 9.01. The van der Waals surface area contributed by atoms with Crippen LogP contribution in [-0.4, -0.2) is 36.6 Å². The summed E-state index contributed by atoms with van der Waals surface area (Å²) in [6.07, 6.45) is -0.611. The fourth-order valence-electron chi connectivity index (χ4n) is 1.35. The number of hydrogen-bond acceptors (Lipinski definition) is 4. The van der Waals surface area contributed by atoms with E-state index in [1.165, 1.54) is 13.2 Å². The summed E-state index contributed by atoms with van der Waals surface area (Å²) in [6.45, 7) is -0.0738. The molecule has 0 spiro atoms. The lowest BCUT2D eigenvalue weighted by molar-refractivity contribution is -0.139. The Morgan fingerprint density at radius 1 is 1.16 bits per heavy atom. The summed E-state index contributed by atoms with van der Waals surface area (Å²) in [6, 6.07) is 6.37. The molecular formula is C12H14N2O5. The number of rotatable bonds is 6. The molecule has 1 rings (SSSR count). The van der Waals surface area contributed by atoms with Gasteiger partial charge in [0.25, 0.3) is 0 Å². The quantitative estimate of drug-likeness (QED) is 0.657. The Labute approximate surface area is 109 Å². The Bertz CT molecular complexity index is 487. The monoisotopic (exact) mass is 266 g/mol. The summed E-state index contributed by atoms with van der Waals surface area (Å²) in [7, 11) is 1.40. The van der Waals surface area contributed by atoms with Crippen molar-refractivity contribution in [1.29, 1.82) is 0 Å². The van der Waals surface area contributed by atoms with Crippen LogP contribution in [0.3, 0.4) is 0 Å². The summed E-state index contributed by atoms with van der Waals surface area (Å²) in [5.41, 5.74) is 0.886. The molecule has 0 bridgehead atoms. The van der Waals surface area contributed by atoms with Crippen molar-refractivity contribution in [2.45, 2.75) is 6.42 Å². The number of nitrogens with one attached hydrogen (secondary N) is 2. The highest BCUT2D eigenvalue weighted by atomic mass is 16.5. The zero-order valence-corrected chi connectivity index (χ0v) is 10.3. The van der Waals surface area contributed by atoms with E-state index < -0.39 is 18.3 Å². The molecule has 1 aromatic rings. The van der Waals surface area contributed by atoms with Crippen LogP contribution in [0.15, 0.2) is 24.3 Å². The lowest BCUT2D eigenvalue weighted by atomic mass is 10.2. The van der Waals surface area contributed by atoms with E-state index in [2.05, 4.69) is 15.4 Å². The van der Waals surface area contributed by atoms with Gasteiger partial charge in [-0.2, -0.15) is 0 Å². The van der Waals surface area contributed by atoms with Gasteiger partial charge in [0.05, 0.1) is 0 Å². The summed E-state index contributed by atoms with van der Waals surface area (Å²) >= 11 is 0. The lowest BCUT2D eigenvalue weighted by Gasteiger charge is -2.07. The highest BCUT2D eigenvalue weighted by Gasteiger charge is 2.08. The van der Waals surface area contributed by atoms with Crippen LogP contribution in [0.25, 0.3) is 0 Å². The number of carboxylic acid groups (broad SMARTS) is 1. The second-order valence-corrected chi connectivity index (χ2v) is 3.68. The van der Waals surface area contributed by atoms with Gasteiger partial charge in [0.2, 0.25) is 11.8 Å². The first kappa shape index (κ1) is 14.7. The predicted octanol–water partition coefficient (Wildman–Crippen LogP) is 0.685. The topological polar surface area (TPSA) is 105 Å². The largest absolute Gasteiger partial charge is 0.481 e. The first-order valence-electron chi connectivity index (χ1n) is 5.41. The van der Waals surface area contributed by atoms with Crippen molar-refractivity contribution in [1.82, 2.24) is 0 Å². The summed E-state index contributed by atoms with van der Waals surface area (Å²) in [5, 5.41) is 13.4. The second kappa shape index (κ2) is 7.12. The third kappa shape index (κ3) is 5.64. The van der Waals surface area contributed by atoms with E-state index in [9.17, 15) is 14.4 Å². The smallest absolute Gasteiger partial charge is 0.312 e. The third-order valence-corrected chi connectivity index (χ3v) is 2.02. The number of hydrogen-bond donors (Lipinski definition) is 3. The number of benzene rings is 1. The van der Waals surface area contributed by atoms with Crippen molar-refractivity contribution >= 4 is 29.2 Å².